The van der Waals surface area contributed by atoms with E-state index in [1.54, 1.807) is 6.92 Å². The van der Waals surface area contributed by atoms with Crippen molar-refractivity contribution in [3.8, 4) is 0 Å². The van der Waals surface area contributed by atoms with E-state index in [-0.39, 0.29) is 22.7 Å². The number of carbonyl (C=O) groups is 1. The van der Waals surface area contributed by atoms with Crippen molar-refractivity contribution in [3.63, 3.8) is 0 Å². The molecule has 0 spiro atoms. The number of carbonyl (C=O) groups excluding carboxylic acids is 1. The van der Waals surface area contributed by atoms with Crippen LogP contribution in [0.15, 0.2) is 9.59 Å². The molecule has 0 aliphatic carbocycles. The van der Waals surface area contributed by atoms with E-state index in [4.69, 9.17) is 4.74 Å². The number of piperazine rings is 1. The maximum atomic E-state index is 12.2. The van der Waals surface area contributed by atoms with Gasteiger partial charge in [0.1, 0.15) is 11.4 Å². The fourth-order valence-electron chi connectivity index (χ4n) is 3.84. The average Bonchev–Trinajstić information content (AvgIpc) is 2.66. The molecule has 7 nitrogen and oxygen atoms in total. The predicted molar refractivity (Wildman–Crippen MR) is 97.3 cm³/mol. The predicted octanol–water partition coefficient (Wildman–Crippen LogP) is 0.204. The summed E-state index contributed by atoms with van der Waals surface area (Å²) >= 11 is 0. The Morgan fingerprint density at radius 2 is 1.44 bits per heavy atom. The molecule has 2 saturated heterocycles. The monoisotopic (exact) mass is 349 g/mol. The Morgan fingerprint density at radius 1 is 0.920 bits per heavy atom. The Balaban J connectivity index is 1.67. The summed E-state index contributed by atoms with van der Waals surface area (Å²) in [6.45, 7) is 9.98. The van der Waals surface area contributed by atoms with Gasteiger partial charge in [-0.15, -0.1) is 0 Å². The molecule has 2 fully saturated rings. The van der Waals surface area contributed by atoms with E-state index in [1.807, 2.05) is 4.90 Å². The number of hydrogen-bond donors (Lipinski definition) is 0. The number of nitrogens with zero attached hydrogens (tertiary/aromatic N) is 3. The highest BCUT2D eigenvalue weighted by molar-refractivity contribution is 5.77. The molecule has 0 unspecified atom stereocenters. The molecule has 2 aliphatic heterocycles. The van der Waals surface area contributed by atoms with Gasteiger partial charge >= 0.3 is 5.97 Å². The lowest BCUT2D eigenvalue weighted by atomic mass is 9.95. The zero-order valence-electron chi connectivity index (χ0n) is 15.1. The first-order valence-electron chi connectivity index (χ1n) is 9.29. The first kappa shape index (κ1) is 17.9. The van der Waals surface area contributed by atoms with E-state index in [9.17, 15) is 14.4 Å². The van der Waals surface area contributed by atoms with Crippen molar-refractivity contribution in [1.82, 2.24) is 4.90 Å². The first-order valence-corrected chi connectivity index (χ1v) is 9.29. The number of esters is 1. The van der Waals surface area contributed by atoms with E-state index in [2.05, 4.69) is 16.7 Å². The van der Waals surface area contributed by atoms with Gasteiger partial charge in [0, 0.05) is 39.3 Å². The van der Waals surface area contributed by atoms with Gasteiger partial charge in [0.25, 0.3) is 10.9 Å². The maximum Gasteiger partial charge on any atom is 0.309 e. The van der Waals surface area contributed by atoms with Crippen LogP contribution in [0.3, 0.4) is 0 Å². The molecule has 0 bridgehead atoms. The fourth-order valence-corrected chi connectivity index (χ4v) is 3.84. The molecule has 138 valence electrons. The zero-order valence-corrected chi connectivity index (χ0v) is 15.1. The van der Waals surface area contributed by atoms with Crippen LogP contribution in [0.1, 0.15) is 26.7 Å². The molecule has 1 aromatic carbocycles. The second-order valence-electron chi connectivity index (χ2n) is 6.79. The second-order valence-corrected chi connectivity index (χ2v) is 6.79. The minimum Gasteiger partial charge on any atom is -0.466 e. The standard InChI is InChI=1S/C18H27N3O4/c1-3-19-9-11-21(12-10-19)15-14(16(22)17(15)23)20-7-5-13(6-8-20)18(24)25-4-2/h13H,3-12H2,1-2H3. The minimum absolute atomic E-state index is 0.0979. The number of likely N-dealkylation sites (N-methyl/N-ethyl adjacent to an activating group) is 1. The van der Waals surface area contributed by atoms with E-state index in [0.717, 1.165) is 32.7 Å². The molecule has 2 aliphatic rings. The van der Waals surface area contributed by atoms with Gasteiger partial charge in [0.2, 0.25) is 0 Å². The fraction of sp³-hybridized carbons (Fsp3) is 0.722. The Kier molecular flexibility index (Phi) is 5.42. The molecule has 7 heteroatoms. The lowest BCUT2D eigenvalue weighted by Gasteiger charge is -2.39. The Hall–Kier alpha value is -1.89. The van der Waals surface area contributed by atoms with Gasteiger partial charge in [-0.3, -0.25) is 14.4 Å². The van der Waals surface area contributed by atoms with Crippen molar-refractivity contribution in [2.24, 2.45) is 5.92 Å². The Labute approximate surface area is 147 Å². The quantitative estimate of drug-likeness (QED) is 0.556. The first-order chi connectivity index (χ1) is 12.1. The number of anilines is 2. The van der Waals surface area contributed by atoms with Crippen molar-refractivity contribution < 1.29 is 9.53 Å². The average molecular weight is 349 g/mol. The van der Waals surface area contributed by atoms with Crippen LogP contribution in [0, 0.1) is 5.92 Å². The minimum atomic E-state index is -0.373. The van der Waals surface area contributed by atoms with E-state index in [0.29, 0.717) is 43.9 Å². The van der Waals surface area contributed by atoms with E-state index >= 15 is 0 Å². The largest absolute Gasteiger partial charge is 0.466 e. The summed E-state index contributed by atoms with van der Waals surface area (Å²) in [6, 6.07) is 0. The highest BCUT2D eigenvalue weighted by atomic mass is 16.5. The molecule has 2 heterocycles. The summed E-state index contributed by atoms with van der Waals surface area (Å²) in [5, 5.41) is 0. The molecule has 0 saturated carbocycles. The number of hydrogen-bond acceptors (Lipinski definition) is 7. The molecular weight excluding hydrogens is 322 g/mol. The molecule has 0 radical (unpaired) electrons. The molecule has 3 rings (SSSR count). The van der Waals surface area contributed by atoms with Crippen LogP contribution in [-0.4, -0.2) is 63.3 Å². The molecule has 0 aromatic heterocycles. The van der Waals surface area contributed by atoms with Gasteiger partial charge in [0.05, 0.1) is 12.5 Å². The van der Waals surface area contributed by atoms with Crippen LogP contribution in [0.2, 0.25) is 0 Å². The van der Waals surface area contributed by atoms with Crippen LogP contribution < -0.4 is 20.7 Å². The summed E-state index contributed by atoms with van der Waals surface area (Å²) < 4.78 is 5.09. The third-order valence-corrected chi connectivity index (χ3v) is 5.43. The van der Waals surface area contributed by atoms with Gasteiger partial charge in [-0.25, -0.2) is 0 Å². The van der Waals surface area contributed by atoms with Gasteiger partial charge in [-0.05, 0) is 26.3 Å². The summed E-state index contributed by atoms with van der Waals surface area (Å²) in [4.78, 5) is 42.6. The smallest absolute Gasteiger partial charge is 0.309 e. The van der Waals surface area contributed by atoms with Gasteiger partial charge < -0.3 is 19.4 Å². The molecule has 25 heavy (non-hydrogen) atoms. The Morgan fingerprint density at radius 3 is 1.92 bits per heavy atom. The summed E-state index contributed by atoms with van der Waals surface area (Å²) in [5.41, 5.74) is 0.433. The van der Waals surface area contributed by atoms with Gasteiger partial charge in [-0.1, -0.05) is 6.92 Å². The van der Waals surface area contributed by atoms with Gasteiger partial charge in [-0.2, -0.15) is 0 Å². The second kappa shape index (κ2) is 7.56. The number of piperidine rings is 1. The van der Waals surface area contributed by atoms with Crippen molar-refractivity contribution in [3.05, 3.63) is 20.4 Å². The lowest BCUT2D eigenvalue weighted by Crippen LogP contribution is -2.53. The molecule has 0 N–H and O–H groups in total. The Bertz CT molecular complexity index is 679. The molecule has 0 atom stereocenters. The third kappa shape index (κ3) is 3.42. The molecular formula is C18H27N3O4. The highest BCUT2D eigenvalue weighted by Gasteiger charge is 2.34. The number of ether oxygens (including phenoxy) is 1. The van der Waals surface area contributed by atoms with Crippen LogP contribution in [0.4, 0.5) is 11.4 Å². The molecule has 1 aromatic rings. The van der Waals surface area contributed by atoms with Crippen molar-refractivity contribution >= 4 is 17.3 Å². The summed E-state index contributed by atoms with van der Waals surface area (Å²) in [7, 11) is 0. The molecule has 0 amide bonds. The van der Waals surface area contributed by atoms with Crippen LogP contribution in [0.25, 0.3) is 0 Å². The summed E-state index contributed by atoms with van der Waals surface area (Å²) in [5.74, 6) is -0.248. The topological polar surface area (TPSA) is 70.2 Å². The van der Waals surface area contributed by atoms with Crippen molar-refractivity contribution in [2.45, 2.75) is 26.7 Å². The van der Waals surface area contributed by atoms with Crippen LogP contribution >= 0.6 is 0 Å². The zero-order chi connectivity index (χ0) is 18.0. The van der Waals surface area contributed by atoms with Gasteiger partial charge in [0.15, 0.2) is 0 Å². The number of rotatable bonds is 5. The maximum absolute atomic E-state index is 12.2. The van der Waals surface area contributed by atoms with Crippen LogP contribution in [0.5, 0.6) is 0 Å². The lowest BCUT2D eigenvalue weighted by molar-refractivity contribution is -0.148. The summed E-state index contributed by atoms with van der Waals surface area (Å²) in [6.07, 6.45) is 1.33. The highest BCUT2D eigenvalue weighted by Crippen LogP contribution is 2.29. The van der Waals surface area contributed by atoms with Crippen molar-refractivity contribution in [2.75, 3.05) is 62.2 Å². The normalized spacial score (nSPS) is 20.2. The van der Waals surface area contributed by atoms with E-state index in [1.165, 1.54) is 0 Å². The van der Waals surface area contributed by atoms with Crippen molar-refractivity contribution in [1.29, 1.82) is 0 Å². The van der Waals surface area contributed by atoms with Crippen LogP contribution in [-0.2, 0) is 9.53 Å². The SMILES string of the molecule is CCOC(=O)C1CCN(c2c(N3CCN(CC)CC3)c(=O)c2=O)CC1. The van der Waals surface area contributed by atoms with E-state index < -0.39 is 0 Å². The third-order valence-electron chi connectivity index (χ3n) is 5.43.